The molecule has 0 spiro atoms. The van der Waals surface area contributed by atoms with Gasteiger partial charge in [-0.25, -0.2) is 4.79 Å². The molecule has 0 amide bonds. The summed E-state index contributed by atoms with van der Waals surface area (Å²) in [6.07, 6.45) is 6.07. The van der Waals surface area contributed by atoms with E-state index in [1.54, 1.807) is 6.07 Å². The zero-order valence-electron chi connectivity index (χ0n) is 24.4. The summed E-state index contributed by atoms with van der Waals surface area (Å²) in [6.45, 7) is 3.70. The van der Waals surface area contributed by atoms with Gasteiger partial charge in [0.15, 0.2) is 0 Å². The SMILES string of the molecule is C[C@]12CC[C@@H]3c4ccc(O)cc4CC[C@H]3[C@@H]1CCC2C(OC(=O)CCCc1ccc(N(CCCl)CCCl)cc1)C(=O)O. The highest BCUT2D eigenvalue weighted by molar-refractivity contribution is 6.18. The summed E-state index contributed by atoms with van der Waals surface area (Å²) in [5.41, 5.74) is 4.63. The minimum Gasteiger partial charge on any atom is -0.508 e. The van der Waals surface area contributed by atoms with Crippen LogP contribution in [-0.4, -0.2) is 53.1 Å². The largest absolute Gasteiger partial charge is 0.508 e. The van der Waals surface area contributed by atoms with E-state index in [-0.39, 0.29) is 17.8 Å². The van der Waals surface area contributed by atoms with Gasteiger partial charge in [-0.05, 0) is 115 Å². The molecule has 2 N–H and O–H groups in total. The third-order valence-electron chi connectivity index (χ3n) is 10.5. The highest BCUT2D eigenvalue weighted by Gasteiger charge is 2.58. The fraction of sp³-hybridized carbons (Fsp3) is 0.588. The molecule has 6 atom stereocenters. The normalized spacial score (nSPS) is 26.9. The smallest absolute Gasteiger partial charge is 0.345 e. The molecule has 3 aliphatic carbocycles. The maximum atomic E-state index is 12.9. The van der Waals surface area contributed by atoms with Gasteiger partial charge in [0.05, 0.1) is 0 Å². The van der Waals surface area contributed by atoms with Gasteiger partial charge < -0.3 is 19.8 Å². The first-order valence-corrected chi connectivity index (χ1v) is 16.5. The fourth-order valence-electron chi connectivity index (χ4n) is 8.50. The molecule has 0 radical (unpaired) electrons. The van der Waals surface area contributed by atoms with E-state index >= 15 is 0 Å². The number of esters is 1. The van der Waals surface area contributed by atoms with Crippen molar-refractivity contribution in [1.82, 2.24) is 0 Å². The van der Waals surface area contributed by atoms with Crippen molar-refractivity contribution in [3.63, 3.8) is 0 Å². The van der Waals surface area contributed by atoms with Crippen molar-refractivity contribution >= 4 is 40.8 Å². The fourth-order valence-corrected chi connectivity index (χ4v) is 8.90. The summed E-state index contributed by atoms with van der Waals surface area (Å²) in [5, 5.41) is 20.2. The average molecular weight is 617 g/mol. The summed E-state index contributed by atoms with van der Waals surface area (Å²) in [5.74, 6) is 1.11. The first-order chi connectivity index (χ1) is 20.2. The van der Waals surface area contributed by atoms with Gasteiger partial charge in [0, 0.05) is 42.9 Å². The Morgan fingerprint density at radius 3 is 2.48 bits per heavy atom. The summed E-state index contributed by atoms with van der Waals surface area (Å²) >= 11 is 11.9. The number of carboxylic acid groups (broad SMARTS) is 1. The number of nitrogens with zero attached hydrogens (tertiary/aromatic N) is 1. The number of ether oxygens (including phenoxy) is 1. The molecule has 2 aromatic rings. The Hall–Kier alpha value is -2.44. The Morgan fingerprint density at radius 1 is 1.05 bits per heavy atom. The number of aliphatic carboxylic acids is 1. The molecule has 2 unspecified atom stereocenters. The molecule has 0 aromatic heterocycles. The van der Waals surface area contributed by atoms with Crippen LogP contribution in [0.2, 0.25) is 0 Å². The molecule has 2 saturated carbocycles. The minimum atomic E-state index is -1.11. The predicted octanol–water partition coefficient (Wildman–Crippen LogP) is 7.17. The van der Waals surface area contributed by atoms with Gasteiger partial charge in [-0.15, -0.1) is 23.2 Å². The molecular formula is C34H43Cl2NO5. The van der Waals surface area contributed by atoms with Crippen LogP contribution in [0.4, 0.5) is 5.69 Å². The number of anilines is 1. The number of halogens is 2. The third kappa shape index (κ3) is 6.40. The van der Waals surface area contributed by atoms with Crippen molar-refractivity contribution in [2.75, 3.05) is 29.7 Å². The van der Waals surface area contributed by atoms with Crippen LogP contribution in [0.15, 0.2) is 42.5 Å². The number of alkyl halides is 2. The molecule has 42 heavy (non-hydrogen) atoms. The summed E-state index contributed by atoms with van der Waals surface area (Å²) in [4.78, 5) is 27.5. The van der Waals surface area contributed by atoms with Gasteiger partial charge in [0.1, 0.15) is 5.75 Å². The van der Waals surface area contributed by atoms with Gasteiger partial charge >= 0.3 is 11.9 Å². The zero-order valence-corrected chi connectivity index (χ0v) is 26.0. The zero-order chi connectivity index (χ0) is 29.9. The number of phenolic OH excluding ortho intramolecular Hbond substituents is 1. The van der Waals surface area contributed by atoms with E-state index in [1.807, 2.05) is 18.2 Å². The van der Waals surface area contributed by atoms with Crippen molar-refractivity contribution in [2.24, 2.45) is 23.2 Å². The quantitative estimate of drug-likeness (QED) is 0.194. The number of rotatable bonds is 12. The standard InChI is InChI=1S/C34H43Cl2NO5/c1-34-16-15-27-26-12-10-25(38)21-23(26)7-11-28(27)29(34)13-14-30(34)32(33(40)41)42-31(39)4-2-3-22-5-8-24(9-6-22)37(19-17-35)20-18-36/h5-6,8-10,12,21,27-30,32,38H,2-4,7,11,13-20H2,1H3,(H,40,41)/t27-,28-,29+,30?,32?,34+/m1/s1. The average Bonchev–Trinajstić information content (AvgIpc) is 3.32. The second kappa shape index (κ2) is 13.5. The Kier molecular flexibility index (Phi) is 9.94. The van der Waals surface area contributed by atoms with E-state index in [4.69, 9.17) is 27.9 Å². The van der Waals surface area contributed by atoms with Crippen molar-refractivity contribution in [3.8, 4) is 5.75 Å². The first-order valence-electron chi connectivity index (χ1n) is 15.4. The van der Waals surface area contributed by atoms with Gasteiger partial charge in [-0.2, -0.15) is 0 Å². The maximum Gasteiger partial charge on any atom is 0.345 e. The number of carboxylic acids is 1. The number of carbonyl (C=O) groups is 2. The lowest BCUT2D eigenvalue weighted by Crippen LogP contribution is -2.47. The Morgan fingerprint density at radius 2 is 1.79 bits per heavy atom. The minimum absolute atomic E-state index is 0.165. The molecule has 2 aromatic carbocycles. The maximum absolute atomic E-state index is 12.9. The predicted molar refractivity (Wildman–Crippen MR) is 167 cm³/mol. The number of benzene rings is 2. The molecule has 5 rings (SSSR count). The van der Waals surface area contributed by atoms with Crippen LogP contribution in [0.5, 0.6) is 5.75 Å². The summed E-state index contributed by atoms with van der Waals surface area (Å²) < 4.78 is 5.76. The third-order valence-corrected chi connectivity index (χ3v) is 10.8. The van der Waals surface area contributed by atoms with Crippen molar-refractivity contribution < 1.29 is 24.5 Å². The lowest BCUT2D eigenvalue weighted by atomic mass is 9.53. The van der Waals surface area contributed by atoms with Crippen molar-refractivity contribution in [2.45, 2.75) is 76.7 Å². The van der Waals surface area contributed by atoms with Crippen LogP contribution in [0, 0.1) is 23.2 Å². The Labute approximate surface area is 259 Å². The Balaban J connectivity index is 1.17. The molecule has 0 aliphatic heterocycles. The summed E-state index contributed by atoms with van der Waals surface area (Å²) in [6, 6.07) is 14.0. The molecule has 0 heterocycles. The van der Waals surface area contributed by atoms with Gasteiger partial charge in [-0.3, -0.25) is 4.79 Å². The lowest BCUT2D eigenvalue weighted by molar-refractivity contribution is -0.172. The summed E-state index contributed by atoms with van der Waals surface area (Å²) in [7, 11) is 0. The number of hydrogen-bond acceptors (Lipinski definition) is 5. The number of aryl methyl sites for hydroxylation is 2. The van der Waals surface area contributed by atoms with E-state index in [2.05, 4.69) is 30.0 Å². The van der Waals surface area contributed by atoms with Gasteiger partial charge in [-0.1, -0.05) is 25.1 Å². The Bertz CT molecular complexity index is 1250. The monoisotopic (exact) mass is 615 g/mol. The molecule has 3 aliphatic rings. The molecule has 0 bridgehead atoms. The van der Waals surface area contributed by atoms with Gasteiger partial charge in [0.2, 0.25) is 6.10 Å². The van der Waals surface area contributed by atoms with E-state index in [9.17, 15) is 19.8 Å². The van der Waals surface area contributed by atoms with E-state index < -0.39 is 18.0 Å². The van der Waals surface area contributed by atoms with Crippen LogP contribution in [0.1, 0.15) is 74.5 Å². The van der Waals surface area contributed by atoms with Crippen molar-refractivity contribution in [3.05, 3.63) is 59.2 Å². The second-order valence-electron chi connectivity index (χ2n) is 12.7. The van der Waals surface area contributed by atoms with E-state index in [1.165, 1.54) is 11.1 Å². The highest BCUT2D eigenvalue weighted by atomic mass is 35.5. The molecule has 8 heteroatoms. The molecule has 6 nitrogen and oxygen atoms in total. The van der Waals surface area contributed by atoms with Gasteiger partial charge in [0.25, 0.3) is 0 Å². The molecule has 228 valence electrons. The number of carbonyl (C=O) groups excluding carboxylic acids is 1. The number of phenols is 1. The van der Waals surface area contributed by atoms with Crippen LogP contribution >= 0.6 is 23.2 Å². The number of aromatic hydroxyl groups is 1. The highest BCUT2D eigenvalue weighted by Crippen LogP contribution is 2.64. The lowest BCUT2D eigenvalue weighted by Gasteiger charge is -2.51. The molecule has 0 saturated heterocycles. The number of fused-ring (bicyclic) bond motifs is 5. The van der Waals surface area contributed by atoms with Crippen LogP contribution in [0.3, 0.4) is 0 Å². The number of hydrogen-bond donors (Lipinski definition) is 2. The van der Waals surface area contributed by atoms with E-state index in [0.717, 1.165) is 62.9 Å². The van der Waals surface area contributed by atoms with Crippen LogP contribution < -0.4 is 4.90 Å². The topological polar surface area (TPSA) is 87.1 Å². The van der Waals surface area contributed by atoms with Crippen LogP contribution in [0.25, 0.3) is 0 Å². The molecular weight excluding hydrogens is 573 g/mol. The second-order valence-corrected chi connectivity index (χ2v) is 13.4. The van der Waals surface area contributed by atoms with Crippen LogP contribution in [-0.2, 0) is 27.2 Å². The van der Waals surface area contributed by atoms with E-state index in [0.29, 0.717) is 48.1 Å². The first kappa shape index (κ1) is 31.0. The molecule has 2 fully saturated rings. The van der Waals surface area contributed by atoms with Crippen molar-refractivity contribution in [1.29, 1.82) is 0 Å².